The third kappa shape index (κ3) is 5.66. The van der Waals surface area contributed by atoms with Crippen LogP contribution in [0.4, 0.5) is 14.5 Å². The number of carbonyl (C=O) groups is 1. The third-order valence-corrected chi connectivity index (χ3v) is 5.00. The van der Waals surface area contributed by atoms with Gasteiger partial charge in [-0.25, -0.2) is 8.78 Å². The van der Waals surface area contributed by atoms with Crippen molar-refractivity contribution >= 4 is 23.4 Å². The van der Waals surface area contributed by atoms with E-state index in [-0.39, 0.29) is 18.0 Å². The summed E-state index contributed by atoms with van der Waals surface area (Å²) in [5.74, 6) is -0.718. The van der Waals surface area contributed by atoms with Crippen LogP contribution < -0.4 is 10.1 Å². The lowest BCUT2D eigenvalue weighted by Gasteiger charge is -2.10. The number of anilines is 1. The lowest BCUT2D eigenvalue weighted by atomic mass is 10.2. The zero-order chi connectivity index (χ0) is 21.5. The minimum absolute atomic E-state index is 0.0229. The Hall–Kier alpha value is -3.20. The number of rotatable bonds is 9. The Bertz CT molecular complexity index is 1040. The van der Waals surface area contributed by atoms with E-state index in [2.05, 4.69) is 22.1 Å². The topological polar surface area (TPSA) is 69.0 Å². The summed E-state index contributed by atoms with van der Waals surface area (Å²) in [4.78, 5) is 12.1. The second-order valence-electron chi connectivity index (χ2n) is 6.36. The van der Waals surface area contributed by atoms with E-state index in [4.69, 9.17) is 4.74 Å². The fourth-order valence-corrected chi connectivity index (χ4v) is 3.30. The number of nitrogens with zero attached hydrogens (tertiary/aromatic N) is 3. The van der Waals surface area contributed by atoms with Gasteiger partial charge in [0.1, 0.15) is 24.0 Å². The predicted octanol–water partition coefficient (Wildman–Crippen LogP) is 4.36. The van der Waals surface area contributed by atoms with E-state index in [1.54, 1.807) is 10.6 Å². The summed E-state index contributed by atoms with van der Waals surface area (Å²) in [7, 11) is 0. The van der Waals surface area contributed by atoms with Crippen molar-refractivity contribution in [3.05, 3.63) is 78.1 Å². The molecule has 6 nitrogen and oxygen atoms in total. The number of nitrogens with one attached hydrogen (secondary N) is 1. The zero-order valence-corrected chi connectivity index (χ0v) is 17.1. The van der Waals surface area contributed by atoms with Crippen molar-refractivity contribution in [1.82, 2.24) is 14.8 Å². The molecule has 9 heteroatoms. The molecule has 1 amide bonds. The third-order valence-electron chi connectivity index (χ3n) is 4.03. The van der Waals surface area contributed by atoms with Crippen LogP contribution in [-0.2, 0) is 17.9 Å². The van der Waals surface area contributed by atoms with Gasteiger partial charge in [0.2, 0.25) is 5.91 Å². The van der Waals surface area contributed by atoms with E-state index in [1.807, 2.05) is 31.2 Å². The SMILES string of the molecule is C=CCn1c(COc2ccc(C)cc2)nnc1SCC(=O)Nc1ccc(F)cc1F. The van der Waals surface area contributed by atoms with Crippen molar-refractivity contribution in [2.75, 3.05) is 11.1 Å². The summed E-state index contributed by atoms with van der Waals surface area (Å²) in [6.07, 6.45) is 1.69. The van der Waals surface area contributed by atoms with Crippen molar-refractivity contribution in [3.63, 3.8) is 0 Å². The first kappa shape index (κ1) is 21.5. The molecule has 30 heavy (non-hydrogen) atoms. The fraction of sp³-hybridized carbons (Fsp3) is 0.190. The first-order valence-electron chi connectivity index (χ1n) is 9.06. The van der Waals surface area contributed by atoms with Crippen LogP contribution in [0.15, 0.2) is 60.3 Å². The molecule has 0 spiro atoms. The molecule has 0 unspecified atom stereocenters. The van der Waals surface area contributed by atoms with Gasteiger partial charge < -0.3 is 10.1 Å². The maximum atomic E-state index is 13.7. The van der Waals surface area contributed by atoms with E-state index in [1.165, 1.54) is 6.07 Å². The van der Waals surface area contributed by atoms with E-state index in [9.17, 15) is 13.6 Å². The van der Waals surface area contributed by atoms with E-state index in [0.29, 0.717) is 29.3 Å². The molecule has 1 aromatic heterocycles. The van der Waals surface area contributed by atoms with Crippen molar-refractivity contribution in [2.24, 2.45) is 0 Å². The summed E-state index contributed by atoms with van der Waals surface area (Å²) >= 11 is 1.15. The quantitative estimate of drug-likeness (QED) is 0.404. The van der Waals surface area contributed by atoms with Gasteiger partial charge in [-0.15, -0.1) is 16.8 Å². The number of carbonyl (C=O) groups excluding carboxylic acids is 1. The summed E-state index contributed by atoms with van der Waals surface area (Å²) < 4.78 is 34.2. The molecule has 0 radical (unpaired) electrons. The second-order valence-corrected chi connectivity index (χ2v) is 7.30. The minimum Gasteiger partial charge on any atom is -0.486 e. The van der Waals surface area contributed by atoms with E-state index >= 15 is 0 Å². The Labute approximate surface area is 177 Å². The molecular weight excluding hydrogens is 410 g/mol. The molecule has 0 aliphatic carbocycles. The first-order valence-corrected chi connectivity index (χ1v) is 10.0. The fourth-order valence-electron chi connectivity index (χ4n) is 2.53. The zero-order valence-electron chi connectivity index (χ0n) is 16.3. The number of ether oxygens (including phenoxy) is 1. The molecule has 2 aromatic carbocycles. The van der Waals surface area contributed by atoms with Crippen LogP contribution in [-0.4, -0.2) is 26.4 Å². The number of aryl methyl sites for hydroxylation is 1. The van der Waals surface area contributed by atoms with E-state index in [0.717, 1.165) is 23.4 Å². The van der Waals surface area contributed by atoms with Crippen LogP contribution in [0.25, 0.3) is 0 Å². The molecule has 0 fully saturated rings. The molecule has 3 aromatic rings. The van der Waals surface area contributed by atoms with Crippen molar-refractivity contribution < 1.29 is 18.3 Å². The molecule has 1 heterocycles. The van der Waals surface area contributed by atoms with Crippen LogP contribution in [0.2, 0.25) is 0 Å². The molecule has 0 bridgehead atoms. The summed E-state index contributed by atoms with van der Waals surface area (Å²) in [5, 5.41) is 11.2. The van der Waals surface area contributed by atoms with Gasteiger partial charge in [-0.2, -0.15) is 0 Å². The Balaban J connectivity index is 1.61. The molecule has 0 aliphatic rings. The highest BCUT2D eigenvalue weighted by Crippen LogP contribution is 2.20. The molecule has 3 rings (SSSR count). The van der Waals surface area contributed by atoms with Crippen LogP contribution in [0, 0.1) is 18.6 Å². The highest BCUT2D eigenvalue weighted by Gasteiger charge is 2.15. The lowest BCUT2D eigenvalue weighted by Crippen LogP contribution is -2.16. The van der Waals surface area contributed by atoms with Gasteiger partial charge in [0.15, 0.2) is 11.0 Å². The minimum atomic E-state index is -0.835. The highest BCUT2D eigenvalue weighted by atomic mass is 32.2. The number of halogens is 2. The summed E-state index contributed by atoms with van der Waals surface area (Å²) in [6, 6.07) is 10.6. The van der Waals surface area contributed by atoms with Gasteiger partial charge >= 0.3 is 0 Å². The van der Waals surface area contributed by atoms with Crippen LogP contribution in [0.5, 0.6) is 5.75 Å². The molecular formula is C21H20F2N4O2S. The van der Waals surface area contributed by atoms with Crippen molar-refractivity contribution in [2.45, 2.75) is 25.2 Å². The Kier molecular flexibility index (Phi) is 7.18. The number of hydrogen-bond acceptors (Lipinski definition) is 5. The molecule has 0 saturated heterocycles. The lowest BCUT2D eigenvalue weighted by molar-refractivity contribution is -0.113. The Morgan fingerprint density at radius 3 is 2.70 bits per heavy atom. The van der Waals surface area contributed by atoms with Crippen LogP contribution in [0.3, 0.4) is 0 Å². The number of aromatic nitrogens is 3. The Morgan fingerprint density at radius 2 is 2.00 bits per heavy atom. The highest BCUT2D eigenvalue weighted by molar-refractivity contribution is 7.99. The van der Waals surface area contributed by atoms with Crippen molar-refractivity contribution in [1.29, 1.82) is 0 Å². The molecule has 0 atom stereocenters. The Morgan fingerprint density at radius 1 is 1.23 bits per heavy atom. The number of benzene rings is 2. The van der Waals surface area contributed by atoms with E-state index < -0.39 is 17.5 Å². The molecule has 0 saturated carbocycles. The number of thioether (sulfide) groups is 1. The van der Waals surface area contributed by atoms with Gasteiger partial charge in [0.25, 0.3) is 0 Å². The van der Waals surface area contributed by atoms with Crippen LogP contribution in [0.1, 0.15) is 11.4 Å². The largest absolute Gasteiger partial charge is 0.486 e. The molecule has 0 aliphatic heterocycles. The smallest absolute Gasteiger partial charge is 0.234 e. The maximum Gasteiger partial charge on any atom is 0.234 e. The maximum absolute atomic E-state index is 13.7. The number of allylic oxidation sites excluding steroid dienone is 1. The van der Waals surface area contributed by atoms with Crippen LogP contribution >= 0.6 is 11.8 Å². The normalized spacial score (nSPS) is 10.6. The standard InChI is InChI=1S/C21H20F2N4O2S/c1-3-10-27-19(12-29-16-7-4-14(2)5-8-16)25-26-21(27)30-13-20(28)24-18-9-6-15(22)11-17(18)23/h3-9,11H,1,10,12-13H2,2H3,(H,24,28). The van der Waals surface area contributed by atoms with Gasteiger partial charge in [-0.05, 0) is 31.2 Å². The summed E-state index contributed by atoms with van der Waals surface area (Å²) in [5.41, 5.74) is 1.05. The molecule has 156 valence electrons. The second kappa shape index (κ2) is 10.0. The van der Waals surface area contributed by atoms with Gasteiger partial charge in [-0.1, -0.05) is 35.5 Å². The monoisotopic (exact) mass is 430 g/mol. The predicted molar refractivity (Wildman–Crippen MR) is 111 cm³/mol. The van der Waals surface area contributed by atoms with Gasteiger partial charge in [0, 0.05) is 12.6 Å². The first-order chi connectivity index (χ1) is 14.5. The molecule has 1 N–H and O–H groups in total. The average Bonchev–Trinajstić information content (AvgIpc) is 3.10. The summed E-state index contributed by atoms with van der Waals surface area (Å²) in [6.45, 7) is 6.38. The average molecular weight is 430 g/mol. The number of amides is 1. The van der Waals surface area contributed by atoms with Gasteiger partial charge in [0.05, 0.1) is 11.4 Å². The number of hydrogen-bond donors (Lipinski definition) is 1. The van der Waals surface area contributed by atoms with Crippen molar-refractivity contribution in [3.8, 4) is 5.75 Å². The van der Waals surface area contributed by atoms with Gasteiger partial charge in [-0.3, -0.25) is 9.36 Å².